The van der Waals surface area contributed by atoms with E-state index >= 15 is 0 Å². The Bertz CT molecular complexity index is 718. The van der Waals surface area contributed by atoms with Gasteiger partial charge in [-0.2, -0.15) is 0 Å². The van der Waals surface area contributed by atoms with Crippen molar-refractivity contribution in [3.05, 3.63) is 22.3 Å². The van der Waals surface area contributed by atoms with Gasteiger partial charge in [0.25, 0.3) is 0 Å². The van der Waals surface area contributed by atoms with E-state index in [0.29, 0.717) is 0 Å². The summed E-state index contributed by atoms with van der Waals surface area (Å²) in [7, 11) is 1.46. The van der Waals surface area contributed by atoms with E-state index in [4.69, 9.17) is 14.2 Å². The number of methoxy groups -OCH3 is 1. The lowest BCUT2D eigenvalue weighted by molar-refractivity contribution is -0.159. The summed E-state index contributed by atoms with van der Waals surface area (Å²) in [6.07, 6.45) is 4.86. The van der Waals surface area contributed by atoms with Gasteiger partial charge in [0.2, 0.25) is 0 Å². The third kappa shape index (κ3) is 1.87. The van der Waals surface area contributed by atoms with E-state index in [9.17, 15) is 9.90 Å². The monoisotopic (exact) mass is 346 g/mol. The van der Waals surface area contributed by atoms with Gasteiger partial charge in [0.1, 0.15) is 11.7 Å². The van der Waals surface area contributed by atoms with E-state index < -0.39 is 17.5 Å². The van der Waals surface area contributed by atoms with Gasteiger partial charge in [-0.15, -0.1) is 0 Å². The third-order valence-electron chi connectivity index (χ3n) is 6.82. The number of carbonyl (C=O) groups excluding carboxylic acids is 1. The highest BCUT2D eigenvalue weighted by Gasteiger charge is 2.69. The molecule has 0 aromatic carbocycles. The predicted molar refractivity (Wildman–Crippen MR) is 89.5 cm³/mol. The van der Waals surface area contributed by atoms with Crippen molar-refractivity contribution < 1.29 is 24.1 Å². The number of ether oxygens (including phenoxy) is 3. The van der Waals surface area contributed by atoms with Gasteiger partial charge in [0, 0.05) is 5.92 Å². The third-order valence-corrected chi connectivity index (χ3v) is 6.82. The number of esters is 1. The first-order valence-corrected chi connectivity index (χ1v) is 9.51. The van der Waals surface area contributed by atoms with Crippen molar-refractivity contribution in [3.63, 3.8) is 0 Å². The first kappa shape index (κ1) is 16.0. The van der Waals surface area contributed by atoms with Gasteiger partial charge < -0.3 is 19.3 Å². The van der Waals surface area contributed by atoms with E-state index in [0.717, 1.165) is 55.2 Å². The van der Waals surface area contributed by atoms with Crippen molar-refractivity contribution in [1.82, 2.24) is 0 Å². The Labute approximate surface area is 148 Å². The zero-order valence-electron chi connectivity index (χ0n) is 15.1. The second kappa shape index (κ2) is 4.96. The summed E-state index contributed by atoms with van der Waals surface area (Å²) in [6, 6.07) is 0. The van der Waals surface area contributed by atoms with Crippen LogP contribution < -0.4 is 0 Å². The van der Waals surface area contributed by atoms with Crippen LogP contribution in [0.3, 0.4) is 0 Å². The summed E-state index contributed by atoms with van der Waals surface area (Å²) in [4.78, 5) is 12.7. The Kier molecular flexibility index (Phi) is 3.18. The molecule has 5 rings (SSSR count). The average Bonchev–Trinajstić information content (AvgIpc) is 2.78. The quantitative estimate of drug-likeness (QED) is 0.740. The van der Waals surface area contributed by atoms with Crippen LogP contribution in [0.5, 0.6) is 0 Å². The number of rotatable bonds is 1. The SMILES string of the molecule is COC(=O)[C@@H]1C2=C(C3=C4[C@H]1CCC[C@@]41OC(C)(C)O[C@@H]31)C(O)CCC2. The molecular weight excluding hydrogens is 320 g/mol. The molecular formula is C20H26O5. The van der Waals surface area contributed by atoms with Crippen molar-refractivity contribution in [3.8, 4) is 0 Å². The fraction of sp³-hybridized carbons (Fsp3) is 0.750. The van der Waals surface area contributed by atoms with Crippen molar-refractivity contribution in [2.75, 3.05) is 7.11 Å². The van der Waals surface area contributed by atoms with Crippen LogP contribution >= 0.6 is 0 Å². The number of aliphatic hydroxyl groups is 1. The zero-order valence-corrected chi connectivity index (χ0v) is 15.1. The number of carbonyl (C=O) groups is 1. The Balaban J connectivity index is 1.70. The maximum absolute atomic E-state index is 12.7. The summed E-state index contributed by atoms with van der Waals surface area (Å²) < 4.78 is 17.9. The van der Waals surface area contributed by atoms with Crippen LogP contribution in [0.1, 0.15) is 52.4 Å². The topological polar surface area (TPSA) is 65.0 Å². The van der Waals surface area contributed by atoms with Gasteiger partial charge in [-0.3, -0.25) is 4.79 Å². The van der Waals surface area contributed by atoms with Crippen LogP contribution in [0.2, 0.25) is 0 Å². The van der Waals surface area contributed by atoms with Crippen LogP contribution in [0, 0.1) is 11.8 Å². The molecule has 1 unspecified atom stereocenters. The highest BCUT2D eigenvalue weighted by molar-refractivity contribution is 5.80. The van der Waals surface area contributed by atoms with Gasteiger partial charge in [-0.05, 0) is 74.7 Å². The molecule has 0 radical (unpaired) electrons. The van der Waals surface area contributed by atoms with Crippen LogP contribution in [-0.2, 0) is 19.0 Å². The molecule has 5 nitrogen and oxygen atoms in total. The largest absolute Gasteiger partial charge is 0.469 e. The maximum atomic E-state index is 12.7. The lowest BCUT2D eigenvalue weighted by Crippen LogP contribution is -2.61. The molecule has 5 aliphatic rings. The van der Waals surface area contributed by atoms with Gasteiger partial charge in [-0.1, -0.05) is 0 Å². The molecule has 5 heteroatoms. The molecule has 136 valence electrons. The maximum Gasteiger partial charge on any atom is 0.313 e. The molecule has 1 saturated carbocycles. The van der Waals surface area contributed by atoms with Gasteiger partial charge >= 0.3 is 5.97 Å². The van der Waals surface area contributed by atoms with Crippen LogP contribution in [0.25, 0.3) is 0 Å². The second-order valence-electron chi connectivity index (χ2n) is 8.56. The lowest BCUT2D eigenvalue weighted by Gasteiger charge is -2.57. The van der Waals surface area contributed by atoms with Crippen molar-refractivity contribution in [1.29, 1.82) is 0 Å². The standard InChI is InChI=1S/C20H26O5/c1-19(2)24-17-15-14-10(6-4-8-12(14)21)13(18(22)23-3)11-7-5-9-20(17,25-19)16(11)15/h11-13,17,21H,4-9H2,1-3H3/t11-,12?,13+,17-,20+/m0/s1. The predicted octanol–water partition coefficient (Wildman–Crippen LogP) is 2.63. The molecule has 2 fully saturated rings. The van der Waals surface area contributed by atoms with Gasteiger partial charge in [-0.25, -0.2) is 0 Å². The Morgan fingerprint density at radius 3 is 2.80 bits per heavy atom. The Morgan fingerprint density at radius 2 is 2.04 bits per heavy atom. The van der Waals surface area contributed by atoms with Gasteiger partial charge in [0.15, 0.2) is 5.79 Å². The second-order valence-corrected chi connectivity index (χ2v) is 8.56. The molecule has 25 heavy (non-hydrogen) atoms. The summed E-state index contributed by atoms with van der Waals surface area (Å²) in [5, 5.41) is 10.8. The van der Waals surface area contributed by atoms with E-state index in [2.05, 4.69) is 0 Å². The van der Waals surface area contributed by atoms with Gasteiger partial charge in [0.05, 0.1) is 19.1 Å². The summed E-state index contributed by atoms with van der Waals surface area (Å²) >= 11 is 0. The van der Waals surface area contributed by atoms with Crippen LogP contribution in [-0.4, -0.2) is 41.8 Å². The lowest BCUT2D eigenvalue weighted by atomic mass is 9.50. The highest BCUT2D eigenvalue weighted by atomic mass is 16.8. The van der Waals surface area contributed by atoms with E-state index in [-0.39, 0.29) is 23.9 Å². The molecule has 1 saturated heterocycles. The van der Waals surface area contributed by atoms with Crippen molar-refractivity contribution >= 4 is 5.97 Å². The first-order valence-electron chi connectivity index (χ1n) is 9.51. The molecule has 0 aromatic rings. The molecule has 5 atom stereocenters. The highest BCUT2D eigenvalue weighted by Crippen LogP contribution is 2.66. The molecule has 1 heterocycles. The normalized spacial score (nSPS) is 43.8. The molecule has 4 aliphatic carbocycles. The fourth-order valence-electron chi connectivity index (χ4n) is 6.18. The fourth-order valence-corrected chi connectivity index (χ4v) is 6.18. The van der Waals surface area contributed by atoms with E-state index in [1.807, 2.05) is 13.8 Å². The zero-order chi connectivity index (χ0) is 17.6. The first-order chi connectivity index (χ1) is 11.9. The van der Waals surface area contributed by atoms with Crippen LogP contribution in [0.4, 0.5) is 0 Å². The number of hydrogen-bond donors (Lipinski definition) is 1. The minimum absolute atomic E-state index is 0.100. The Hall–Kier alpha value is -1.17. The number of fused-ring (bicyclic) bond motifs is 2. The summed E-state index contributed by atoms with van der Waals surface area (Å²) in [5.74, 6) is -0.935. The van der Waals surface area contributed by atoms with Crippen LogP contribution in [0.15, 0.2) is 22.3 Å². The molecule has 0 amide bonds. The van der Waals surface area contributed by atoms with E-state index in [1.165, 1.54) is 12.7 Å². The smallest absolute Gasteiger partial charge is 0.313 e. The van der Waals surface area contributed by atoms with Crippen molar-refractivity contribution in [2.45, 2.75) is 76.0 Å². The Morgan fingerprint density at radius 1 is 1.24 bits per heavy atom. The number of aliphatic hydroxyl groups excluding tert-OH is 1. The number of hydrogen-bond acceptors (Lipinski definition) is 5. The minimum Gasteiger partial charge on any atom is -0.469 e. The molecule has 0 aromatic heterocycles. The molecule has 1 N–H and O–H groups in total. The average molecular weight is 346 g/mol. The minimum atomic E-state index is -0.634. The summed E-state index contributed by atoms with van der Waals surface area (Å²) in [6.45, 7) is 3.92. The van der Waals surface area contributed by atoms with E-state index in [1.54, 1.807) is 0 Å². The summed E-state index contributed by atoms with van der Waals surface area (Å²) in [5.41, 5.74) is 4.04. The molecule has 1 aliphatic heterocycles. The molecule has 1 spiro atoms. The van der Waals surface area contributed by atoms with Crippen molar-refractivity contribution in [2.24, 2.45) is 11.8 Å². The molecule has 0 bridgehead atoms.